The van der Waals surface area contributed by atoms with E-state index in [4.69, 9.17) is 0 Å². The van der Waals surface area contributed by atoms with Gasteiger partial charge in [0.15, 0.2) is 0 Å². The van der Waals surface area contributed by atoms with E-state index < -0.39 is 0 Å². The lowest BCUT2D eigenvalue weighted by Crippen LogP contribution is -2.69. The predicted molar refractivity (Wildman–Crippen MR) is 128 cm³/mol. The molecule has 0 radical (unpaired) electrons. The van der Waals surface area contributed by atoms with E-state index >= 15 is 0 Å². The third kappa shape index (κ3) is 8.03. The normalized spacial score (nSPS) is 31.1. The Balaban J connectivity index is 1.50. The molecule has 0 aromatic rings. The van der Waals surface area contributed by atoms with Crippen molar-refractivity contribution in [1.29, 1.82) is 0 Å². The van der Waals surface area contributed by atoms with E-state index in [1.165, 1.54) is 83.7 Å². The summed E-state index contributed by atoms with van der Waals surface area (Å²) in [6.45, 7) is 8.03. The van der Waals surface area contributed by atoms with E-state index in [9.17, 15) is 0 Å². The van der Waals surface area contributed by atoms with Crippen LogP contribution < -0.4 is 21.3 Å². The summed E-state index contributed by atoms with van der Waals surface area (Å²) in [6.07, 6.45) is 15.8. The lowest BCUT2D eigenvalue weighted by Gasteiger charge is -2.46. The van der Waals surface area contributed by atoms with Crippen LogP contribution in [0, 0.1) is 5.92 Å². The Morgan fingerprint density at radius 2 is 1.73 bits per heavy atom. The summed E-state index contributed by atoms with van der Waals surface area (Å²) in [5.74, 6) is 0.981. The molecule has 3 fully saturated rings. The molecular weight excluding hydrogens is 372 g/mol. The molecule has 6 heteroatoms. The lowest BCUT2D eigenvalue weighted by molar-refractivity contribution is 0.0326. The first kappa shape index (κ1) is 24.4. The maximum atomic E-state index is 3.98. The fraction of sp³-hybridized carbons (Fsp3) is 1.00. The van der Waals surface area contributed by atoms with Crippen molar-refractivity contribution >= 4 is 0 Å². The van der Waals surface area contributed by atoms with Gasteiger partial charge < -0.3 is 15.5 Å². The fourth-order valence-electron chi connectivity index (χ4n) is 5.64. The highest BCUT2D eigenvalue weighted by Gasteiger charge is 2.32. The Hall–Kier alpha value is -0.240. The number of nitrogens with one attached hydrogen (secondary N) is 4. The van der Waals surface area contributed by atoms with Crippen LogP contribution in [0.1, 0.15) is 77.6 Å². The molecular formula is C24H50N6. The van der Waals surface area contributed by atoms with Crippen molar-refractivity contribution in [2.75, 3.05) is 46.8 Å². The zero-order chi connectivity index (χ0) is 21.2. The van der Waals surface area contributed by atoms with Crippen molar-refractivity contribution in [3.63, 3.8) is 0 Å². The highest BCUT2D eigenvalue weighted by molar-refractivity contribution is 4.88. The molecule has 0 aromatic carbocycles. The van der Waals surface area contributed by atoms with Gasteiger partial charge in [-0.25, -0.2) is 0 Å². The summed E-state index contributed by atoms with van der Waals surface area (Å²) in [4.78, 5) is 5.07. The molecule has 1 aliphatic carbocycles. The lowest BCUT2D eigenvalue weighted by atomic mass is 9.84. The van der Waals surface area contributed by atoms with Gasteiger partial charge in [-0.15, -0.1) is 0 Å². The molecule has 1 saturated carbocycles. The molecule has 2 saturated heterocycles. The van der Waals surface area contributed by atoms with Gasteiger partial charge in [-0.2, -0.15) is 0 Å². The van der Waals surface area contributed by atoms with Crippen molar-refractivity contribution in [2.24, 2.45) is 5.92 Å². The SMILES string of the molecule is CCCC(CCNC1CC(CCC2CCCCC2)NC(N2CCN(C)CC2)N1)NC. The number of hydrogen-bond acceptors (Lipinski definition) is 6. The summed E-state index contributed by atoms with van der Waals surface area (Å²) in [5, 5.41) is 15.2. The first-order valence-electron chi connectivity index (χ1n) is 13.0. The molecule has 0 amide bonds. The number of hydrogen-bond donors (Lipinski definition) is 4. The maximum Gasteiger partial charge on any atom is 0.116 e. The Bertz CT molecular complexity index is 447. The monoisotopic (exact) mass is 422 g/mol. The van der Waals surface area contributed by atoms with Gasteiger partial charge >= 0.3 is 0 Å². The van der Waals surface area contributed by atoms with E-state index in [1.807, 2.05) is 0 Å². The summed E-state index contributed by atoms with van der Waals surface area (Å²) >= 11 is 0. The summed E-state index contributed by atoms with van der Waals surface area (Å²) < 4.78 is 0. The number of rotatable bonds is 11. The second-order valence-corrected chi connectivity index (χ2v) is 10.2. The molecule has 2 aliphatic heterocycles. The second-order valence-electron chi connectivity index (χ2n) is 10.2. The first-order valence-corrected chi connectivity index (χ1v) is 13.0. The van der Waals surface area contributed by atoms with Crippen molar-refractivity contribution in [3.05, 3.63) is 0 Å². The minimum atomic E-state index is 0.317. The van der Waals surface area contributed by atoms with Crippen LogP contribution in [0.5, 0.6) is 0 Å². The van der Waals surface area contributed by atoms with Crippen LogP contribution in [0.15, 0.2) is 0 Å². The van der Waals surface area contributed by atoms with E-state index in [0.717, 1.165) is 25.6 Å². The fourth-order valence-corrected chi connectivity index (χ4v) is 5.64. The van der Waals surface area contributed by atoms with Gasteiger partial charge in [-0.05, 0) is 58.7 Å². The van der Waals surface area contributed by atoms with E-state index in [1.54, 1.807) is 0 Å². The van der Waals surface area contributed by atoms with Gasteiger partial charge in [0.25, 0.3) is 0 Å². The topological polar surface area (TPSA) is 54.6 Å². The zero-order valence-corrected chi connectivity index (χ0v) is 20.1. The van der Waals surface area contributed by atoms with E-state index in [2.05, 4.69) is 52.1 Å². The van der Waals surface area contributed by atoms with Crippen LogP contribution in [-0.4, -0.2) is 81.2 Å². The van der Waals surface area contributed by atoms with Crippen LogP contribution >= 0.6 is 0 Å². The molecule has 0 spiro atoms. The molecule has 3 rings (SSSR count). The number of likely N-dealkylation sites (N-methyl/N-ethyl adjacent to an activating group) is 1. The van der Waals surface area contributed by atoms with Crippen molar-refractivity contribution in [1.82, 2.24) is 31.1 Å². The zero-order valence-electron chi connectivity index (χ0n) is 20.1. The second kappa shape index (κ2) is 13.3. The molecule has 4 unspecified atom stereocenters. The molecule has 0 bridgehead atoms. The summed E-state index contributed by atoms with van der Waals surface area (Å²) in [6, 6.07) is 1.27. The van der Waals surface area contributed by atoms with E-state index in [0.29, 0.717) is 24.5 Å². The number of piperazine rings is 1. The smallest absolute Gasteiger partial charge is 0.116 e. The van der Waals surface area contributed by atoms with Crippen LogP contribution in [0.2, 0.25) is 0 Å². The van der Waals surface area contributed by atoms with Crippen LogP contribution in [0.4, 0.5) is 0 Å². The average molecular weight is 423 g/mol. The molecule has 176 valence electrons. The van der Waals surface area contributed by atoms with Crippen molar-refractivity contribution in [2.45, 2.75) is 102 Å². The predicted octanol–water partition coefficient (Wildman–Crippen LogP) is 2.52. The third-order valence-corrected chi connectivity index (χ3v) is 7.75. The maximum absolute atomic E-state index is 3.98. The third-order valence-electron chi connectivity index (χ3n) is 7.75. The summed E-state index contributed by atoms with van der Waals surface area (Å²) in [5.41, 5.74) is 0. The molecule has 4 N–H and O–H groups in total. The molecule has 0 aromatic heterocycles. The number of nitrogens with zero attached hydrogens (tertiary/aromatic N) is 2. The van der Waals surface area contributed by atoms with E-state index in [-0.39, 0.29) is 0 Å². The quantitative estimate of drug-likeness (QED) is 0.411. The highest BCUT2D eigenvalue weighted by Crippen LogP contribution is 2.28. The van der Waals surface area contributed by atoms with Gasteiger partial charge in [0, 0.05) is 38.3 Å². The van der Waals surface area contributed by atoms with Crippen molar-refractivity contribution in [3.8, 4) is 0 Å². The average Bonchev–Trinajstić information content (AvgIpc) is 2.78. The van der Waals surface area contributed by atoms with Crippen molar-refractivity contribution < 1.29 is 0 Å². The summed E-state index contributed by atoms with van der Waals surface area (Å²) in [7, 11) is 4.35. The molecule has 6 nitrogen and oxygen atoms in total. The largest absolute Gasteiger partial charge is 0.317 e. The minimum absolute atomic E-state index is 0.317. The van der Waals surface area contributed by atoms with Crippen LogP contribution in [0.25, 0.3) is 0 Å². The molecule has 3 aliphatic rings. The van der Waals surface area contributed by atoms with Gasteiger partial charge in [-0.3, -0.25) is 15.5 Å². The van der Waals surface area contributed by atoms with Gasteiger partial charge in [0.1, 0.15) is 6.29 Å². The van der Waals surface area contributed by atoms with Gasteiger partial charge in [-0.1, -0.05) is 45.4 Å². The van der Waals surface area contributed by atoms with Crippen LogP contribution in [-0.2, 0) is 0 Å². The highest BCUT2D eigenvalue weighted by atomic mass is 15.4. The molecule has 2 heterocycles. The molecule has 30 heavy (non-hydrogen) atoms. The Kier molecular flexibility index (Phi) is 10.9. The molecule has 4 atom stereocenters. The van der Waals surface area contributed by atoms with Crippen LogP contribution in [0.3, 0.4) is 0 Å². The standard InChI is InChI=1S/C24H50N6/c1-4-8-21(25-2)13-14-26-23-19-22(12-11-20-9-6-5-7-10-20)27-24(28-23)30-17-15-29(3)16-18-30/h20-28H,4-19H2,1-3H3. The van der Waals surface area contributed by atoms with Gasteiger partial charge in [0.2, 0.25) is 0 Å². The first-order chi connectivity index (χ1) is 14.7. The Morgan fingerprint density at radius 3 is 2.43 bits per heavy atom. The minimum Gasteiger partial charge on any atom is -0.317 e. The van der Waals surface area contributed by atoms with Gasteiger partial charge in [0.05, 0.1) is 6.17 Å². The Morgan fingerprint density at radius 1 is 0.967 bits per heavy atom. The Labute approximate surface area is 186 Å².